The Morgan fingerprint density at radius 3 is 2.17 bits per heavy atom. The van der Waals surface area contributed by atoms with E-state index in [4.69, 9.17) is 13.6 Å². The molecule has 0 saturated heterocycles. The van der Waals surface area contributed by atoms with Gasteiger partial charge in [0.05, 0.1) is 29.9 Å². The van der Waals surface area contributed by atoms with Crippen LogP contribution < -0.4 is 4.74 Å². The van der Waals surface area contributed by atoms with Crippen LogP contribution in [-0.2, 0) is 18.6 Å². The average molecular weight is 569 g/mol. The van der Waals surface area contributed by atoms with Crippen molar-refractivity contribution in [1.29, 1.82) is 0 Å². The summed E-state index contributed by atoms with van der Waals surface area (Å²) in [5.74, 6) is -4.17. The Balaban J connectivity index is 1.44. The summed E-state index contributed by atoms with van der Waals surface area (Å²) in [5.41, 5.74) is 4.19. The van der Waals surface area contributed by atoms with Gasteiger partial charge in [-0.25, -0.2) is 0 Å². The number of phenols is 2. The first kappa shape index (κ1) is 25.4. The SMILES string of the molecule is CC1=C[C@H]2c3c(cc4oc5cc(CO)cc(O)c5c4c3C)O[C@]3(O)C(=O)c4oc5cc(CO)cc(O)c5c4[C@@](C)(C1)[C@@H]23. The van der Waals surface area contributed by atoms with E-state index in [0.29, 0.717) is 50.4 Å². The Hall–Kier alpha value is -4.31. The normalized spacial score (nSPS) is 26.2. The zero-order valence-electron chi connectivity index (χ0n) is 23.1. The van der Waals surface area contributed by atoms with Crippen molar-refractivity contribution in [3.63, 3.8) is 0 Å². The van der Waals surface area contributed by atoms with Gasteiger partial charge in [0, 0.05) is 33.9 Å². The van der Waals surface area contributed by atoms with Crippen LogP contribution in [-0.4, -0.2) is 37.1 Å². The molecule has 0 saturated carbocycles. The molecule has 0 bridgehead atoms. The molecule has 2 aliphatic carbocycles. The Bertz CT molecular complexity index is 2080. The van der Waals surface area contributed by atoms with Crippen molar-refractivity contribution in [3.8, 4) is 17.2 Å². The van der Waals surface area contributed by atoms with E-state index in [9.17, 15) is 30.3 Å². The lowest BCUT2D eigenvalue weighted by Gasteiger charge is -2.56. The first-order valence-electron chi connectivity index (χ1n) is 13.9. The maximum absolute atomic E-state index is 14.2. The van der Waals surface area contributed by atoms with Crippen LogP contribution in [0.1, 0.15) is 64.6 Å². The second-order valence-corrected chi connectivity index (χ2v) is 12.2. The van der Waals surface area contributed by atoms with Crippen molar-refractivity contribution in [2.24, 2.45) is 5.92 Å². The van der Waals surface area contributed by atoms with Gasteiger partial charge in [-0.05, 0) is 61.2 Å². The predicted molar refractivity (Wildman–Crippen MR) is 152 cm³/mol. The van der Waals surface area contributed by atoms with Crippen LogP contribution in [0.15, 0.2) is 50.8 Å². The number of allylic oxidation sites excluding steroid dienone is 2. The first-order valence-corrected chi connectivity index (χ1v) is 13.9. The third-order valence-corrected chi connectivity index (χ3v) is 9.64. The van der Waals surface area contributed by atoms with Crippen LogP contribution in [0.3, 0.4) is 0 Å². The molecule has 5 N–H and O–H groups in total. The highest BCUT2D eigenvalue weighted by Gasteiger charge is 2.68. The Morgan fingerprint density at radius 2 is 1.50 bits per heavy atom. The number of hydrogen-bond acceptors (Lipinski definition) is 9. The van der Waals surface area contributed by atoms with Crippen molar-refractivity contribution < 1.29 is 43.9 Å². The van der Waals surface area contributed by atoms with E-state index < -0.39 is 28.8 Å². The van der Waals surface area contributed by atoms with Crippen LogP contribution in [0.2, 0.25) is 0 Å². The number of phenolic OH excluding ortho intramolecular Hbond substituents is 2. The standard InChI is InChI=1S/C33H28O9/c1-13-4-17-24-14(2)25-22(40-20-7-15(11-34)5-18(36)26(20)25)9-23(24)42-33(39)30(17)32(3,10-13)28-27-19(37)6-16(12-35)8-21(27)41-29(28)31(33)38/h4-9,17,30,34-37,39H,10-12H2,1-3H3/t17-,30+,32+,33-/m0/s1. The molecule has 0 fully saturated rings. The van der Waals surface area contributed by atoms with E-state index in [1.54, 1.807) is 18.2 Å². The van der Waals surface area contributed by atoms with Crippen LogP contribution in [0.5, 0.6) is 17.2 Å². The highest BCUT2D eigenvalue weighted by molar-refractivity contribution is 6.12. The number of aromatic hydroxyl groups is 2. The molecule has 3 aromatic carbocycles. The molecule has 1 aliphatic heterocycles. The van der Waals surface area contributed by atoms with Crippen LogP contribution in [0.25, 0.3) is 32.9 Å². The fourth-order valence-electron chi connectivity index (χ4n) is 8.22. The van der Waals surface area contributed by atoms with Gasteiger partial charge in [-0.15, -0.1) is 0 Å². The molecule has 0 amide bonds. The molecule has 0 unspecified atom stereocenters. The zero-order chi connectivity index (χ0) is 29.5. The fraction of sp³-hybridized carbons (Fsp3) is 0.303. The average Bonchev–Trinajstić information content (AvgIpc) is 3.51. The lowest BCUT2D eigenvalue weighted by Crippen LogP contribution is -2.65. The van der Waals surface area contributed by atoms with Gasteiger partial charge in [0.15, 0.2) is 5.76 Å². The molecule has 2 aromatic heterocycles. The van der Waals surface area contributed by atoms with Crippen LogP contribution in [0, 0.1) is 12.8 Å². The Kier molecular flexibility index (Phi) is 4.81. The van der Waals surface area contributed by atoms with Gasteiger partial charge >= 0.3 is 0 Å². The summed E-state index contributed by atoms with van der Waals surface area (Å²) >= 11 is 0. The molecular weight excluding hydrogens is 540 g/mol. The third-order valence-electron chi connectivity index (χ3n) is 9.64. The van der Waals surface area contributed by atoms with Crippen molar-refractivity contribution in [2.45, 2.75) is 57.5 Å². The molecule has 5 aromatic rings. The minimum Gasteiger partial charge on any atom is -0.507 e. The number of carbonyl (C=O) groups is 1. The van der Waals surface area contributed by atoms with Gasteiger partial charge in [-0.1, -0.05) is 18.6 Å². The number of benzene rings is 3. The summed E-state index contributed by atoms with van der Waals surface area (Å²) in [5, 5.41) is 55.2. The van der Waals surface area contributed by atoms with Gasteiger partial charge < -0.3 is 39.1 Å². The van der Waals surface area contributed by atoms with Crippen molar-refractivity contribution in [3.05, 3.63) is 75.6 Å². The number of fused-ring (bicyclic) bond motifs is 9. The molecule has 8 rings (SSSR count). The lowest BCUT2D eigenvalue weighted by molar-refractivity contribution is -0.176. The number of furan rings is 2. The molecule has 0 spiro atoms. The van der Waals surface area contributed by atoms with Crippen molar-refractivity contribution >= 4 is 38.7 Å². The third kappa shape index (κ3) is 2.90. The Morgan fingerprint density at radius 1 is 0.881 bits per heavy atom. The molecule has 42 heavy (non-hydrogen) atoms. The molecule has 9 heteroatoms. The summed E-state index contributed by atoms with van der Waals surface area (Å²) in [6.45, 7) is 5.29. The zero-order valence-corrected chi connectivity index (χ0v) is 23.1. The number of carbonyl (C=O) groups excluding carboxylic acids is 1. The smallest absolute Gasteiger partial charge is 0.280 e. The molecule has 214 valence electrons. The maximum Gasteiger partial charge on any atom is 0.280 e. The van der Waals surface area contributed by atoms with E-state index in [1.807, 2.05) is 20.8 Å². The predicted octanol–water partition coefficient (Wildman–Crippen LogP) is 5.32. The van der Waals surface area contributed by atoms with Crippen LogP contribution >= 0.6 is 0 Å². The summed E-state index contributed by atoms with van der Waals surface area (Å²) in [6.07, 6.45) is 2.54. The van der Waals surface area contributed by atoms with Gasteiger partial charge in [-0.2, -0.15) is 0 Å². The number of aryl methyl sites for hydroxylation is 1. The molecular formula is C33H28O9. The highest BCUT2D eigenvalue weighted by atomic mass is 16.6. The van der Waals surface area contributed by atoms with Gasteiger partial charge in [0.2, 0.25) is 0 Å². The summed E-state index contributed by atoms with van der Waals surface area (Å²) < 4.78 is 18.4. The van der Waals surface area contributed by atoms with E-state index in [0.717, 1.165) is 16.7 Å². The monoisotopic (exact) mass is 568 g/mol. The minimum atomic E-state index is -2.28. The molecule has 3 aliphatic rings. The van der Waals surface area contributed by atoms with E-state index in [-0.39, 0.29) is 41.8 Å². The molecule has 4 atom stereocenters. The Labute approximate surface area is 238 Å². The first-order chi connectivity index (χ1) is 20.0. The number of hydrogen-bond donors (Lipinski definition) is 5. The van der Waals surface area contributed by atoms with Crippen molar-refractivity contribution in [1.82, 2.24) is 0 Å². The topological polar surface area (TPSA) is 154 Å². The number of Topliss-reactive ketones (excluding diaryl/α,β-unsaturated/α-hetero) is 1. The van der Waals surface area contributed by atoms with Crippen LogP contribution in [0.4, 0.5) is 0 Å². The summed E-state index contributed by atoms with van der Waals surface area (Å²) in [7, 11) is 0. The number of ketones is 1. The van der Waals surface area contributed by atoms with E-state index in [1.165, 1.54) is 12.1 Å². The van der Waals surface area contributed by atoms with Gasteiger partial charge in [0.1, 0.15) is 34.0 Å². The summed E-state index contributed by atoms with van der Waals surface area (Å²) in [4.78, 5) is 14.2. The van der Waals surface area contributed by atoms with E-state index >= 15 is 0 Å². The lowest BCUT2D eigenvalue weighted by atomic mass is 9.51. The second-order valence-electron chi connectivity index (χ2n) is 12.2. The largest absolute Gasteiger partial charge is 0.507 e. The second kappa shape index (κ2) is 7.95. The quantitative estimate of drug-likeness (QED) is 0.178. The number of aliphatic hydroxyl groups excluding tert-OH is 2. The highest BCUT2D eigenvalue weighted by Crippen LogP contribution is 2.64. The minimum absolute atomic E-state index is 0.0214. The molecule has 3 heterocycles. The number of rotatable bonds is 2. The number of ether oxygens (including phenoxy) is 1. The van der Waals surface area contributed by atoms with E-state index in [2.05, 4.69) is 6.08 Å². The summed E-state index contributed by atoms with van der Waals surface area (Å²) in [6, 6.07) is 7.87. The maximum atomic E-state index is 14.2. The number of aliphatic hydroxyl groups is 3. The van der Waals surface area contributed by atoms with Gasteiger partial charge in [-0.3, -0.25) is 4.79 Å². The molecule has 0 radical (unpaired) electrons. The van der Waals surface area contributed by atoms with Gasteiger partial charge in [0.25, 0.3) is 11.6 Å². The molecule has 9 nitrogen and oxygen atoms in total. The van der Waals surface area contributed by atoms with Crippen molar-refractivity contribution in [2.75, 3.05) is 0 Å². The fourth-order valence-corrected chi connectivity index (χ4v) is 8.22.